The zero-order valence-electron chi connectivity index (χ0n) is 8.11. The van der Waals surface area contributed by atoms with Crippen LogP contribution in [0.2, 0.25) is 0 Å². The molecule has 0 fully saturated rings. The lowest BCUT2D eigenvalue weighted by Crippen LogP contribution is -2.20. The van der Waals surface area contributed by atoms with Gasteiger partial charge >= 0.3 is 12.4 Å². The highest BCUT2D eigenvalue weighted by Crippen LogP contribution is 2.31. The number of phenolic OH excluding ortho intramolecular Hbond substituents is 1. The SMILES string of the molecule is FC(F)(F)CC(F)(F)F.Oc1cccc(Br)c1. The van der Waals surface area contributed by atoms with Crippen molar-refractivity contribution in [1.82, 2.24) is 0 Å². The summed E-state index contributed by atoms with van der Waals surface area (Å²) in [5, 5.41) is 8.78. The highest BCUT2D eigenvalue weighted by Gasteiger charge is 2.43. The molecule has 0 heterocycles. The second-order valence-corrected chi connectivity index (χ2v) is 3.80. The van der Waals surface area contributed by atoms with Gasteiger partial charge in [-0.3, -0.25) is 0 Å². The zero-order valence-corrected chi connectivity index (χ0v) is 9.70. The van der Waals surface area contributed by atoms with Gasteiger partial charge in [0.05, 0.1) is 0 Å². The minimum atomic E-state index is -5.14. The van der Waals surface area contributed by atoms with E-state index in [1.165, 1.54) is 0 Å². The second-order valence-electron chi connectivity index (χ2n) is 2.89. The van der Waals surface area contributed by atoms with Gasteiger partial charge in [0, 0.05) is 4.47 Å². The van der Waals surface area contributed by atoms with Crippen molar-refractivity contribution in [3.63, 3.8) is 0 Å². The first-order chi connectivity index (χ1) is 7.49. The molecular formula is C9H7BrF6O. The molecular weight excluding hydrogens is 318 g/mol. The lowest BCUT2D eigenvalue weighted by Gasteiger charge is -2.08. The maximum Gasteiger partial charge on any atom is 0.397 e. The topological polar surface area (TPSA) is 20.2 Å². The zero-order chi connectivity index (χ0) is 13.7. The molecule has 1 rings (SSSR count). The Morgan fingerprint density at radius 3 is 1.65 bits per heavy atom. The number of alkyl halides is 6. The lowest BCUT2D eigenvalue weighted by molar-refractivity contribution is -0.232. The molecule has 8 heteroatoms. The fourth-order valence-corrected chi connectivity index (χ4v) is 1.09. The van der Waals surface area contributed by atoms with Gasteiger partial charge in [-0.2, -0.15) is 26.3 Å². The number of halogens is 7. The van der Waals surface area contributed by atoms with Crippen LogP contribution in [0.15, 0.2) is 28.7 Å². The highest BCUT2D eigenvalue weighted by molar-refractivity contribution is 9.10. The summed E-state index contributed by atoms with van der Waals surface area (Å²) in [6.07, 6.45) is -13.0. The van der Waals surface area contributed by atoms with Crippen molar-refractivity contribution in [2.24, 2.45) is 0 Å². The third-order valence-corrected chi connectivity index (χ3v) is 1.70. The van der Waals surface area contributed by atoms with E-state index in [2.05, 4.69) is 15.9 Å². The minimum Gasteiger partial charge on any atom is -0.508 e. The van der Waals surface area contributed by atoms with Crippen molar-refractivity contribution < 1.29 is 31.4 Å². The van der Waals surface area contributed by atoms with Crippen LogP contribution in [0.5, 0.6) is 5.75 Å². The van der Waals surface area contributed by atoms with E-state index in [1.807, 2.05) is 6.07 Å². The van der Waals surface area contributed by atoms with Crippen LogP contribution in [0, 0.1) is 0 Å². The third kappa shape index (κ3) is 11.3. The molecule has 17 heavy (non-hydrogen) atoms. The van der Waals surface area contributed by atoms with Gasteiger partial charge in [-0.25, -0.2) is 0 Å². The summed E-state index contributed by atoms with van der Waals surface area (Å²) in [6, 6.07) is 6.91. The Kier molecular flexibility index (Phi) is 5.80. The first-order valence-electron chi connectivity index (χ1n) is 4.07. The predicted octanol–water partition coefficient (Wildman–Crippen LogP) is 4.66. The van der Waals surface area contributed by atoms with Crippen molar-refractivity contribution in [3.05, 3.63) is 28.7 Å². The predicted molar refractivity (Wildman–Crippen MR) is 52.5 cm³/mol. The van der Waals surface area contributed by atoms with Crippen LogP contribution in [0.25, 0.3) is 0 Å². The lowest BCUT2D eigenvalue weighted by atomic mass is 10.3. The van der Waals surface area contributed by atoms with Gasteiger partial charge in [-0.1, -0.05) is 22.0 Å². The molecule has 0 aliphatic carbocycles. The van der Waals surface area contributed by atoms with E-state index >= 15 is 0 Å². The molecule has 0 saturated heterocycles. The maximum atomic E-state index is 10.8. The molecule has 0 aliphatic rings. The molecule has 0 aromatic heterocycles. The average molecular weight is 325 g/mol. The summed E-state index contributed by atoms with van der Waals surface area (Å²) in [5.41, 5.74) is 0. The van der Waals surface area contributed by atoms with E-state index in [1.54, 1.807) is 18.2 Å². The highest BCUT2D eigenvalue weighted by atomic mass is 79.9. The molecule has 1 N–H and O–H groups in total. The molecule has 0 spiro atoms. The Morgan fingerprint density at radius 1 is 1.00 bits per heavy atom. The van der Waals surface area contributed by atoms with Crippen LogP contribution >= 0.6 is 15.9 Å². The van der Waals surface area contributed by atoms with E-state index in [9.17, 15) is 26.3 Å². The molecule has 1 aromatic carbocycles. The smallest absolute Gasteiger partial charge is 0.397 e. The summed E-state index contributed by atoms with van der Waals surface area (Å²) in [4.78, 5) is 0. The summed E-state index contributed by atoms with van der Waals surface area (Å²) in [7, 11) is 0. The monoisotopic (exact) mass is 324 g/mol. The van der Waals surface area contributed by atoms with Crippen molar-refractivity contribution in [1.29, 1.82) is 0 Å². The first-order valence-corrected chi connectivity index (χ1v) is 4.87. The molecule has 1 aromatic rings. The first kappa shape index (κ1) is 16.1. The molecule has 98 valence electrons. The molecule has 0 amide bonds. The van der Waals surface area contributed by atoms with Crippen molar-refractivity contribution in [2.45, 2.75) is 18.8 Å². The van der Waals surface area contributed by atoms with E-state index in [4.69, 9.17) is 5.11 Å². The number of phenols is 1. The van der Waals surface area contributed by atoms with Crippen molar-refractivity contribution in [2.75, 3.05) is 0 Å². The van der Waals surface area contributed by atoms with Crippen LogP contribution in [-0.2, 0) is 0 Å². The Bertz CT molecular complexity index is 317. The van der Waals surface area contributed by atoms with E-state index < -0.39 is 18.8 Å². The molecule has 0 radical (unpaired) electrons. The quantitative estimate of drug-likeness (QED) is 0.688. The van der Waals surface area contributed by atoms with Crippen LogP contribution in [0.3, 0.4) is 0 Å². The Morgan fingerprint density at radius 2 is 1.47 bits per heavy atom. The van der Waals surface area contributed by atoms with Gasteiger partial charge in [-0.15, -0.1) is 0 Å². The Labute approximate surface area is 101 Å². The standard InChI is InChI=1S/C6H5BrO.C3H2F6/c7-5-2-1-3-6(8)4-5;4-2(5,6)1-3(7,8)9/h1-4,8H;1H2. The normalized spacial score (nSPS) is 11.7. The fraction of sp³-hybridized carbons (Fsp3) is 0.333. The van der Waals surface area contributed by atoms with Gasteiger partial charge in [0.1, 0.15) is 12.2 Å². The number of hydrogen-bond donors (Lipinski definition) is 1. The van der Waals surface area contributed by atoms with Crippen molar-refractivity contribution >= 4 is 15.9 Å². The molecule has 0 bridgehead atoms. The largest absolute Gasteiger partial charge is 0.508 e. The molecule has 1 nitrogen and oxygen atoms in total. The summed E-state index contributed by atoms with van der Waals surface area (Å²) in [6.45, 7) is 0. The third-order valence-electron chi connectivity index (χ3n) is 1.21. The molecule has 0 aliphatic heterocycles. The van der Waals surface area contributed by atoms with Crippen LogP contribution in [0.4, 0.5) is 26.3 Å². The van der Waals surface area contributed by atoms with Gasteiger partial charge in [-0.05, 0) is 18.2 Å². The van der Waals surface area contributed by atoms with Gasteiger partial charge < -0.3 is 5.11 Å². The number of rotatable bonds is 0. The molecule has 0 unspecified atom stereocenters. The summed E-state index contributed by atoms with van der Waals surface area (Å²) >= 11 is 3.20. The van der Waals surface area contributed by atoms with Crippen molar-refractivity contribution in [3.8, 4) is 5.75 Å². The van der Waals surface area contributed by atoms with Gasteiger partial charge in [0.25, 0.3) is 0 Å². The van der Waals surface area contributed by atoms with E-state index in [0.717, 1.165) is 4.47 Å². The average Bonchev–Trinajstić information content (AvgIpc) is 1.96. The molecule has 0 saturated carbocycles. The van der Waals surface area contributed by atoms with Gasteiger partial charge in [0.2, 0.25) is 0 Å². The number of hydrogen-bond acceptors (Lipinski definition) is 1. The number of aromatic hydroxyl groups is 1. The van der Waals surface area contributed by atoms with Crippen LogP contribution in [-0.4, -0.2) is 17.5 Å². The number of benzene rings is 1. The summed E-state index contributed by atoms with van der Waals surface area (Å²) in [5.74, 6) is 0.291. The van der Waals surface area contributed by atoms with E-state index in [-0.39, 0.29) is 0 Å². The van der Waals surface area contributed by atoms with Gasteiger partial charge in [0.15, 0.2) is 0 Å². The minimum absolute atomic E-state index is 0.291. The Hall–Kier alpha value is -0.920. The van der Waals surface area contributed by atoms with Crippen LogP contribution in [0.1, 0.15) is 6.42 Å². The van der Waals surface area contributed by atoms with E-state index in [0.29, 0.717) is 5.75 Å². The Balaban J connectivity index is 0.000000302. The second kappa shape index (κ2) is 6.13. The maximum absolute atomic E-state index is 10.8. The van der Waals surface area contributed by atoms with Crippen LogP contribution < -0.4 is 0 Å². The fourth-order valence-electron chi connectivity index (χ4n) is 0.703. The summed E-state index contributed by atoms with van der Waals surface area (Å²) < 4.78 is 65.9. The molecule has 0 atom stereocenters.